The van der Waals surface area contributed by atoms with Crippen molar-refractivity contribution in [3.63, 3.8) is 0 Å². The normalized spacial score (nSPS) is 13.1. The Morgan fingerprint density at radius 3 is 2.66 bits per heavy atom. The highest BCUT2D eigenvalue weighted by Gasteiger charge is 2.12. The molecule has 4 aromatic rings. The molecule has 9 heteroatoms. The van der Waals surface area contributed by atoms with Crippen molar-refractivity contribution in [2.75, 3.05) is 13.2 Å². The Hall–Kier alpha value is -2.87. The zero-order valence-electron chi connectivity index (χ0n) is 17.5. The summed E-state index contributed by atoms with van der Waals surface area (Å²) in [5.74, 6) is 0.649. The number of nitrogens with zero attached hydrogens (tertiary/aromatic N) is 2. The van der Waals surface area contributed by atoms with Crippen LogP contribution in [0.15, 0.2) is 47.5 Å². The zero-order chi connectivity index (χ0) is 22.5. The highest BCUT2D eigenvalue weighted by atomic mass is 35.5. The predicted octanol–water partition coefficient (Wildman–Crippen LogP) is 5.30. The Balaban J connectivity index is 0.000000433. The highest BCUT2D eigenvalue weighted by molar-refractivity contribution is 6.36. The Morgan fingerprint density at radius 1 is 1.16 bits per heavy atom. The van der Waals surface area contributed by atoms with E-state index in [4.69, 9.17) is 32.7 Å². The van der Waals surface area contributed by atoms with Gasteiger partial charge in [-0.15, -0.1) is 0 Å². The lowest BCUT2D eigenvalue weighted by molar-refractivity contribution is 0.198. The van der Waals surface area contributed by atoms with E-state index in [1.807, 2.05) is 25.1 Å². The standard InChI is InChI=1S/C19H14Cl2N4O2.C4H8O/c1-10-18(21)14(15(20)8-22-10)9-27-12-3-4-16-13(6-12)19(25-24-16)11-2-5-17(26)23-7-11;1-2-4-5-3-1/h2-8H,9H2,1H3,(H,23,26)(H,24,25);1-4H2. The summed E-state index contributed by atoms with van der Waals surface area (Å²) in [6.07, 6.45) is 5.75. The number of pyridine rings is 2. The minimum absolute atomic E-state index is 0.163. The van der Waals surface area contributed by atoms with Gasteiger partial charge in [-0.3, -0.25) is 14.9 Å². The number of halogens is 2. The molecule has 32 heavy (non-hydrogen) atoms. The molecule has 166 valence electrons. The summed E-state index contributed by atoms with van der Waals surface area (Å²) >= 11 is 12.5. The van der Waals surface area contributed by atoms with E-state index in [2.05, 4.69) is 20.2 Å². The lowest BCUT2D eigenvalue weighted by Crippen LogP contribution is -2.01. The van der Waals surface area contributed by atoms with Crippen molar-refractivity contribution in [2.45, 2.75) is 26.4 Å². The first-order chi connectivity index (χ1) is 15.5. The minimum Gasteiger partial charge on any atom is -0.489 e. The number of rotatable bonds is 4. The number of hydrogen-bond donors (Lipinski definition) is 2. The average Bonchev–Trinajstić information content (AvgIpc) is 3.50. The van der Waals surface area contributed by atoms with E-state index < -0.39 is 0 Å². The maximum atomic E-state index is 11.3. The van der Waals surface area contributed by atoms with Gasteiger partial charge in [0.15, 0.2) is 0 Å². The van der Waals surface area contributed by atoms with Gasteiger partial charge >= 0.3 is 0 Å². The van der Waals surface area contributed by atoms with Crippen molar-refractivity contribution in [3.8, 4) is 17.0 Å². The number of benzene rings is 1. The third-order valence-corrected chi connectivity index (χ3v) is 5.87. The number of H-pyrrole nitrogens is 2. The fourth-order valence-corrected chi connectivity index (χ4v) is 3.72. The van der Waals surface area contributed by atoms with Gasteiger partial charge in [-0.1, -0.05) is 23.2 Å². The van der Waals surface area contributed by atoms with Crippen LogP contribution in [-0.4, -0.2) is 33.4 Å². The predicted molar refractivity (Wildman–Crippen MR) is 126 cm³/mol. The van der Waals surface area contributed by atoms with Crippen LogP contribution in [0.4, 0.5) is 0 Å². The van der Waals surface area contributed by atoms with Crippen LogP contribution < -0.4 is 10.3 Å². The van der Waals surface area contributed by atoms with Crippen LogP contribution in [-0.2, 0) is 11.3 Å². The highest BCUT2D eigenvalue weighted by Crippen LogP contribution is 2.31. The van der Waals surface area contributed by atoms with Crippen molar-refractivity contribution < 1.29 is 9.47 Å². The molecular formula is C23H22Cl2N4O3. The van der Waals surface area contributed by atoms with Crippen LogP contribution in [0.3, 0.4) is 0 Å². The van der Waals surface area contributed by atoms with E-state index in [9.17, 15) is 4.79 Å². The second-order valence-electron chi connectivity index (χ2n) is 7.31. The molecule has 0 bridgehead atoms. The van der Waals surface area contributed by atoms with Crippen LogP contribution in [0.5, 0.6) is 5.75 Å². The van der Waals surface area contributed by atoms with Crippen molar-refractivity contribution in [3.05, 3.63) is 74.4 Å². The molecule has 0 saturated carbocycles. The van der Waals surface area contributed by atoms with Crippen LogP contribution in [0.2, 0.25) is 10.0 Å². The Labute approximate surface area is 194 Å². The average molecular weight is 473 g/mol. The molecule has 0 unspecified atom stereocenters. The summed E-state index contributed by atoms with van der Waals surface area (Å²) in [5, 5.41) is 9.16. The Morgan fingerprint density at radius 2 is 1.97 bits per heavy atom. The summed E-state index contributed by atoms with van der Waals surface area (Å²) < 4.78 is 10.8. The summed E-state index contributed by atoms with van der Waals surface area (Å²) in [6.45, 7) is 4.04. The fourth-order valence-electron chi connectivity index (χ4n) is 3.27. The summed E-state index contributed by atoms with van der Waals surface area (Å²) in [5.41, 5.74) is 3.61. The van der Waals surface area contributed by atoms with E-state index in [1.165, 1.54) is 18.9 Å². The van der Waals surface area contributed by atoms with E-state index in [1.54, 1.807) is 18.5 Å². The molecule has 0 amide bonds. The first kappa shape index (κ1) is 22.3. The number of fused-ring (bicyclic) bond motifs is 1. The van der Waals surface area contributed by atoms with Gasteiger partial charge in [0.05, 0.1) is 21.3 Å². The third-order valence-electron chi connectivity index (χ3n) is 5.04. The number of hydrogen-bond acceptors (Lipinski definition) is 5. The van der Waals surface area contributed by atoms with Gasteiger partial charge < -0.3 is 14.5 Å². The summed E-state index contributed by atoms with van der Waals surface area (Å²) in [7, 11) is 0. The summed E-state index contributed by atoms with van der Waals surface area (Å²) in [6, 6.07) is 8.79. The van der Waals surface area contributed by atoms with Gasteiger partial charge in [0.25, 0.3) is 0 Å². The lowest BCUT2D eigenvalue weighted by Gasteiger charge is -2.11. The molecule has 1 aromatic carbocycles. The monoisotopic (exact) mass is 472 g/mol. The van der Waals surface area contributed by atoms with E-state index in [-0.39, 0.29) is 12.2 Å². The fraction of sp³-hybridized carbons (Fsp3) is 0.261. The molecule has 0 aliphatic carbocycles. The molecule has 1 saturated heterocycles. The van der Waals surface area contributed by atoms with Crippen LogP contribution in [0.25, 0.3) is 22.2 Å². The lowest BCUT2D eigenvalue weighted by atomic mass is 10.1. The molecular weight excluding hydrogens is 451 g/mol. The number of nitrogens with one attached hydrogen (secondary N) is 2. The zero-order valence-corrected chi connectivity index (χ0v) is 19.0. The van der Waals surface area contributed by atoms with Gasteiger partial charge in [0, 0.05) is 48.2 Å². The van der Waals surface area contributed by atoms with Gasteiger partial charge in [-0.25, -0.2) is 0 Å². The maximum absolute atomic E-state index is 11.3. The van der Waals surface area contributed by atoms with Gasteiger partial charge in [-0.2, -0.15) is 5.10 Å². The maximum Gasteiger partial charge on any atom is 0.247 e. The molecule has 2 N–H and O–H groups in total. The van der Waals surface area contributed by atoms with Crippen molar-refractivity contribution in [1.29, 1.82) is 0 Å². The van der Waals surface area contributed by atoms with Gasteiger partial charge in [0.2, 0.25) is 5.56 Å². The molecule has 3 aromatic heterocycles. The van der Waals surface area contributed by atoms with E-state index in [0.29, 0.717) is 27.1 Å². The van der Waals surface area contributed by atoms with Crippen LogP contribution >= 0.6 is 23.2 Å². The number of aryl methyl sites for hydroxylation is 1. The molecule has 1 aliphatic rings. The van der Waals surface area contributed by atoms with Gasteiger partial charge in [0.1, 0.15) is 18.1 Å². The van der Waals surface area contributed by atoms with Gasteiger partial charge in [-0.05, 0) is 44.0 Å². The second kappa shape index (κ2) is 10.2. The molecule has 7 nitrogen and oxygen atoms in total. The smallest absolute Gasteiger partial charge is 0.247 e. The molecule has 5 rings (SSSR count). The van der Waals surface area contributed by atoms with Crippen molar-refractivity contribution in [2.24, 2.45) is 0 Å². The quantitative estimate of drug-likeness (QED) is 0.420. The second-order valence-corrected chi connectivity index (χ2v) is 8.10. The Bertz CT molecular complexity index is 1250. The number of aromatic amines is 2. The first-order valence-corrected chi connectivity index (χ1v) is 11.0. The molecule has 1 fully saturated rings. The topological polar surface area (TPSA) is 92.9 Å². The number of aromatic nitrogens is 4. The Kier molecular flexibility index (Phi) is 7.09. The molecule has 0 spiro atoms. The first-order valence-electron chi connectivity index (χ1n) is 10.2. The summed E-state index contributed by atoms with van der Waals surface area (Å²) in [4.78, 5) is 18.1. The van der Waals surface area contributed by atoms with Crippen LogP contribution in [0, 0.1) is 6.92 Å². The largest absolute Gasteiger partial charge is 0.489 e. The van der Waals surface area contributed by atoms with E-state index in [0.717, 1.165) is 35.4 Å². The SMILES string of the molecule is C1CCOC1.Cc1ncc(Cl)c(COc2ccc3[nH]nc(-c4ccc(=O)[nH]c4)c3c2)c1Cl. The van der Waals surface area contributed by atoms with E-state index >= 15 is 0 Å². The van der Waals surface area contributed by atoms with Crippen LogP contribution in [0.1, 0.15) is 24.1 Å². The van der Waals surface area contributed by atoms with Crippen molar-refractivity contribution >= 4 is 34.1 Å². The molecule has 0 radical (unpaired) electrons. The minimum atomic E-state index is -0.163. The number of ether oxygens (including phenoxy) is 2. The van der Waals surface area contributed by atoms with Crippen molar-refractivity contribution in [1.82, 2.24) is 20.2 Å². The molecule has 1 aliphatic heterocycles. The molecule has 0 atom stereocenters. The third kappa shape index (κ3) is 5.12. The molecule has 4 heterocycles.